The molecule has 1 N–H and O–H groups in total. The van der Waals surface area contributed by atoms with E-state index < -0.39 is 11.1 Å². The van der Waals surface area contributed by atoms with E-state index in [1.54, 1.807) is 11.9 Å². The molecule has 5 heteroatoms. The van der Waals surface area contributed by atoms with Crippen molar-refractivity contribution in [2.75, 3.05) is 7.05 Å². The van der Waals surface area contributed by atoms with E-state index in [9.17, 15) is 4.79 Å². The van der Waals surface area contributed by atoms with Gasteiger partial charge in [0.2, 0.25) is 0 Å². The van der Waals surface area contributed by atoms with Gasteiger partial charge in [0.05, 0.1) is 11.2 Å². The molecule has 0 spiro atoms. The molecule has 2 rings (SSSR count). The number of rotatable bonds is 3. The molecule has 2 aromatic rings. The fourth-order valence-electron chi connectivity index (χ4n) is 2.34. The number of carbonyl (C=O) groups excluding carboxylic acids is 1. The summed E-state index contributed by atoms with van der Waals surface area (Å²) < 4.78 is 5.47. The second kappa shape index (κ2) is 6.30. The molecule has 1 heterocycles. The van der Waals surface area contributed by atoms with Crippen LogP contribution in [0.3, 0.4) is 0 Å². The summed E-state index contributed by atoms with van der Waals surface area (Å²) in [5.41, 5.74) is 1.77. The van der Waals surface area contributed by atoms with Crippen molar-refractivity contribution in [3.63, 3.8) is 0 Å². The Morgan fingerprint density at radius 3 is 2.25 bits per heavy atom. The molecule has 24 heavy (non-hydrogen) atoms. The number of amides is 1. The number of aromatic amines is 1. The van der Waals surface area contributed by atoms with E-state index in [1.165, 1.54) is 0 Å². The Bertz CT molecular complexity index is 712. The number of aromatic nitrogens is 2. The average molecular weight is 329 g/mol. The summed E-state index contributed by atoms with van der Waals surface area (Å²) in [6.07, 6.45) is -0.372. The normalized spacial score (nSPS) is 12.1. The summed E-state index contributed by atoms with van der Waals surface area (Å²) in [5, 5.41) is 0. The fourth-order valence-corrected chi connectivity index (χ4v) is 2.34. The summed E-state index contributed by atoms with van der Waals surface area (Å²) in [5.74, 6) is 0.729. The van der Waals surface area contributed by atoms with Gasteiger partial charge >= 0.3 is 6.09 Å². The summed E-state index contributed by atoms with van der Waals surface area (Å²) in [6, 6.07) is 10.0. The van der Waals surface area contributed by atoms with Gasteiger partial charge < -0.3 is 9.72 Å². The first-order chi connectivity index (χ1) is 11.0. The molecule has 0 aliphatic rings. The SMILES string of the molecule is Cc1[nH]c(C(C)(C)N(C)C(=O)OC(C)(C)C)nc1-c1ccccc1. The molecule has 130 valence electrons. The molecule has 1 amide bonds. The largest absolute Gasteiger partial charge is 0.444 e. The number of carbonyl (C=O) groups is 1. The van der Waals surface area contributed by atoms with Crippen molar-refractivity contribution < 1.29 is 9.53 Å². The average Bonchev–Trinajstić information content (AvgIpc) is 2.88. The molecule has 0 bridgehead atoms. The zero-order valence-corrected chi connectivity index (χ0v) is 15.6. The maximum atomic E-state index is 12.4. The molecule has 0 radical (unpaired) electrons. The predicted molar refractivity (Wildman–Crippen MR) is 95.8 cm³/mol. The van der Waals surface area contributed by atoms with E-state index in [1.807, 2.05) is 71.9 Å². The highest BCUT2D eigenvalue weighted by atomic mass is 16.6. The van der Waals surface area contributed by atoms with Crippen molar-refractivity contribution in [1.82, 2.24) is 14.9 Å². The molecule has 0 aliphatic carbocycles. The van der Waals surface area contributed by atoms with Crippen molar-refractivity contribution in [3.05, 3.63) is 41.9 Å². The van der Waals surface area contributed by atoms with Gasteiger partial charge in [-0.15, -0.1) is 0 Å². The fraction of sp³-hybridized carbons (Fsp3) is 0.474. The van der Waals surface area contributed by atoms with E-state index in [4.69, 9.17) is 9.72 Å². The van der Waals surface area contributed by atoms with Crippen molar-refractivity contribution in [2.45, 2.75) is 52.7 Å². The minimum atomic E-state index is -0.625. The van der Waals surface area contributed by atoms with Crippen LogP contribution in [0.4, 0.5) is 4.79 Å². The number of nitrogens with one attached hydrogen (secondary N) is 1. The van der Waals surface area contributed by atoms with Gasteiger partial charge in [0.25, 0.3) is 0 Å². The molecule has 5 nitrogen and oxygen atoms in total. The lowest BCUT2D eigenvalue weighted by Crippen LogP contribution is -2.45. The summed E-state index contributed by atoms with van der Waals surface area (Å²) in [4.78, 5) is 22.0. The zero-order chi connectivity index (χ0) is 18.1. The van der Waals surface area contributed by atoms with Crippen LogP contribution in [0.2, 0.25) is 0 Å². The molecule has 0 aliphatic heterocycles. The Morgan fingerprint density at radius 1 is 1.12 bits per heavy atom. The van der Waals surface area contributed by atoms with E-state index >= 15 is 0 Å². The molecule has 1 aromatic carbocycles. The Kier molecular flexibility index (Phi) is 4.74. The molecular formula is C19H27N3O2. The van der Waals surface area contributed by atoms with Gasteiger partial charge in [-0.25, -0.2) is 9.78 Å². The van der Waals surface area contributed by atoms with E-state index in [-0.39, 0.29) is 6.09 Å². The summed E-state index contributed by atoms with van der Waals surface area (Å²) in [7, 11) is 1.73. The van der Waals surface area contributed by atoms with Crippen LogP contribution in [0.15, 0.2) is 30.3 Å². The maximum absolute atomic E-state index is 12.4. The Balaban J connectivity index is 2.31. The monoisotopic (exact) mass is 329 g/mol. The van der Waals surface area contributed by atoms with Gasteiger partial charge in [0.1, 0.15) is 11.4 Å². The van der Waals surface area contributed by atoms with Crippen LogP contribution in [0.1, 0.15) is 46.1 Å². The smallest absolute Gasteiger partial charge is 0.410 e. The molecule has 1 aromatic heterocycles. The highest BCUT2D eigenvalue weighted by molar-refractivity contribution is 5.69. The van der Waals surface area contributed by atoms with Crippen LogP contribution in [0.5, 0.6) is 0 Å². The number of hydrogen-bond donors (Lipinski definition) is 1. The van der Waals surface area contributed by atoms with Crippen molar-refractivity contribution in [2.24, 2.45) is 0 Å². The highest BCUT2D eigenvalue weighted by Crippen LogP contribution is 2.30. The Labute approximate surface area is 144 Å². The Morgan fingerprint density at radius 2 is 1.71 bits per heavy atom. The van der Waals surface area contributed by atoms with E-state index in [0.29, 0.717) is 0 Å². The Hall–Kier alpha value is -2.30. The quantitative estimate of drug-likeness (QED) is 0.903. The molecule has 0 saturated heterocycles. The number of nitrogens with zero attached hydrogens (tertiary/aromatic N) is 2. The molecular weight excluding hydrogens is 302 g/mol. The van der Waals surface area contributed by atoms with E-state index in [0.717, 1.165) is 22.8 Å². The second-order valence-corrected chi connectivity index (χ2v) is 7.52. The lowest BCUT2D eigenvalue weighted by molar-refractivity contribution is 0.00906. The van der Waals surface area contributed by atoms with Crippen LogP contribution in [0.25, 0.3) is 11.3 Å². The van der Waals surface area contributed by atoms with Crippen LogP contribution in [-0.4, -0.2) is 33.6 Å². The van der Waals surface area contributed by atoms with Crippen molar-refractivity contribution in [1.29, 1.82) is 0 Å². The first kappa shape index (κ1) is 18.0. The first-order valence-electron chi connectivity index (χ1n) is 8.11. The third-order valence-corrected chi connectivity index (χ3v) is 4.02. The predicted octanol–water partition coefficient (Wildman–Crippen LogP) is 4.49. The lowest BCUT2D eigenvalue weighted by Gasteiger charge is -2.35. The summed E-state index contributed by atoms with van der Waals surface area (Å²) in [6.45, 7) is 11.5. The topological polar surface area (TPSA) is 58.2 Å². The van der Waals surface area contributed by atoms with Gasteiger partial charge in [-0.3, -0.25) is 4.90 Å². The minimum absolute atomic E-state index is 0.372. The molecule has 0 saturated carbocycles. The number of H-pyrrole nitrogens is 1. The molecule has 0 atom stereocenters. The third kappa shape index (κ3) is 3.78. The van der Waals surface area contributed by atoms with Gasteiger partial charge in [-0.2, -0.15) is 0 Å². The van der Waals surface area contributed by atoms with Crippen LogP contribution >= 0.6 is 0 Å². The number of imidazole rings is 1. The maximum Gasteiger partial charge on any atom is 0.410 e. The standard InChI is InChI=1S/C19H27N3O2/c1-13-15(14-11-9-8-10-12-14)21-16(20-13)19(5,6)22(7)17(23)24-18(2,3)4/h8-12H,1-7H3,(H,20,21). The molecule has 0 fully saturated rings. The minimum Gasteiger partial charge on any atom is -0.444 e. The number of aryl methyl sites for hydroxylation is 1. The third-order valence-electron chi connectivity index (χ3n) is 4.02. The van der Waals surface area contributed by atoms with Crippen molar-refractivity contribution >= 4 is 6.09 Å². The number of benzene rings is 1. The lowest BCUT2D eigenvalue weighted by atomic mass is 10.0. The van der Waals surface area contributed by atoms with Crippen LogP contribution in [-0.2, 0) is 10.3 Å². The van der Waals surface area contributed by atoms with Gasteiger partial charge in [0, 0.05) is 18.3 Å². The number of ether oxygens (including phenoxy) is 1. The highest BCUT2D eigenvalue weighted by Gasteiger charge is 2.35. The van der Waals surface area contributed by atoms with Crippen LogP contribution in [0, 0.1) is 6.92 Å². The van der Waals surface area contributed by atoms with Crippen LogP contribution < -0.4 is 0 Å². The van der Waals surface area contributed by atoms with Crippen molar-refractivity contribution in [3.8, 4) is 11.3 Å². The van der Waals surface area contributed by atoms with Gasteiger partial charge in [-0.1, -0.05) is 30.3 Å². The van der Waals surface area contributed by atoms with Gasteiger partial charge in [0.15, 0.2) is 0 Å². The summed E-state index contributed by atoms with van der Waals surface area (Å²) >= 11 is 0. The zero-order valence-electron chi connectivity index (χ0n) is 15.6. The second-order valence-electron chi connectivity index (χ2n) is 7.52. The number of hydrogen-bond acceptors (Lipinski definition) is 3. The molecule has 0 unspecified atom stereocenters. The first-order valence-corrected chi connectivity index (χ1v) is 8.11. The van der Waals surface area contributed by atoms with E-state index in [2.05, 4.69) is 4.98 Å². The van der Waals surface area contributed by atoms with Gasteiger partial charge in [-0.05, 0) is 41.5 Å².